The highest BCUT2D eigenvalue weighted by Crippen LogP contribution is 2.19. The third kappa shape index (κ3) is 2.42. The van der Waals surface area contributed by atoms with Crippen LogP contribution in [0.15, 0.2) is 18.2 Å². The van der Waals surface area contributed by atoms with Crippen LogP contribution >= 0.6 is 0 Å². The number of hydrogen-bond donors (Lipinski definition) is 1. The summed E-state index contributed by atoms with van der Waals surface area (Å²) in [6.45, 7) is 4.70. The molecule has 1 aromatic rings. The van der Waals surface area contributed by atoms with E-state index in [0.29, 0.717) is 6.61 Å². The molecule has 1 amide bonds. The van der Waals surface area contributed by atoms with E-state index in [1.54, 1.807) is 0 Å². The minimum Gasteiger partial charge on any atom is -0.368 e. The number of aryl methyl sites for hydroxylation is 2. The van der Waals surface area contributed by atoms with Crippen LogP contribution in [0.4, 0.5) is 5.69 Å². The van der Waals surface area contributed by atoms with Crippen LogP contribution in [0.1, 0.15) is 24.0 Å². The fourth-order valence-electron chi connectivity index (χ4n) is 1.87. The van der Waals surface area contributed by atoms with Gasteiger partial charge in [0.25, 0.3) is 5.91 Å². The number of amides is 1. The van der Waals surface area contributed by atoms with E-state index in [-0.39, 0.29) is 12.0 Å². The molecule has 1 aromatic carbocycles. The van der Waals surface area contributed by atoms with Crippen molar-refractivity contribution in [1.82, 2.24) is 0 Å². The SMILES string of the molecule is Cc1ccc(C)c(NC(=O)C2CCCO2)c1. The standard InChI is InChI=1S/C13H17NO2/c1-9-5-6-10(2)11(8-9)14-13(15)12-4-3-7-16-12/h5-6,8,12H,3-4,7H2,1-2H3,(H,14,15). The van der Waals surface area contributed by atoms with Gasteiger partial charge in [0.2, 0.25) is 0 Å². The predicted molar refractivity (Wildman–Crippen MR) is 63.5 cm³/mol. The fraction of sp³-hybridized carbons (Fsp3) is 0.462. The molecule has 1 atom stereocenters. The quantitative estimate of drug-likeness (QED) is 0.829. The highest BCUT2D eigenvalue weighted by molar-refractivity contribution is 5.95. The lowest BCUT2D eigenvalue weighted by atomic mass is 10.1. The molecule has 3 heteroatoms. The summed E-state index contributed by atoms with van der Waals surface area (Å²) < 4.78 is 5.35. The van der Waals surface area contributed by atoms with Gasteiger partial charge in [0.05, 0.1) is 0 Å². The second-order valence-electron chi connectivity index (χ2n) is 4.31. The molecule has 1 fully saturated rings. The molecule has 86 valence electrons. The van der Waals surface area contributed by atoms with Gasteiger partial charge in [-0.1, -0.05) is 12.1 Å². The first-order chi connectivity index (χ1) is 7.66. The van der Waals surface area contributed by atoms with Crippen molar-refractivity contribution in [2.45, 2.75) is 32.8 Å². The number of carbonyl (C=O) groups is 1. The molecule has 1 unspecified atom stereocenters. The van der Waals surface area contributed by atoms with Crippen LogP contribution in [-0.4, -0.2) is 18.6 Å². The van der Waals surface area contributed by atoms with Gasteiger partial charge in [-0.3, -0.25) is 4.79 Å². The molecule has 3 nitrogen and oxygen atoms in total. The summed E-state index contributed by atoms with van der Waals surface area (Å²) in [6.07, 6.45) is 1.54. The summed E-state index contributed by atoms with van der Waals surface area (Å²) in [5.74, 6) is -0.0220. The van der Waals surface area contributed by atoms with E-state index >= 15 is 0 Å². The highest BCUT2D eigenvalue weighted by atomic mass is 16.5. The second kappa shape index (κ2) is 4.66. The molecule has 0 saturated carbocycles. The maximum Gasteiger partial charge on any atom is 0.253 e. The van der Waals surface area contributed by atoms with Gasteiger partial charge >= 0.3 is 0 Å². The molecule has 2 rings (SSSR count). The first-order valence-corrected chi connectivity index (χ1v) is 5.66. The molecule has 0 aromatic heterocycles. The van der Waals surface area contributed by atoms with Crippen LogP contribution in [0.5, 0.6) is 0 Å². The van der Waals surface area contributed by atoms with E-state index in [1.807, 2.05) is 32.0 Å². The summed E-state index contributed by atoms with van der Waals surface area (Å²) in [6, 6.07) is 6.04. The van der Waals surface area contributed by atoms with Gasteiger partial charge in [-0.2, -0.15) is 0 Å². The Kier molecular flexibility index (Phi) is 3.25. The Hall–Kier alpha value is -1.35. The molecule has 1 heterocycles. The van der Waals surface area contributed by atoms with Gasteiger partial charge in [0.15, 0.2) is 0 Å². The van der Waals surface area contributed by atoms with Crippen molar-refractivity contribution in [2.24, 2.45) is 0 Å². The van der Waals surface area contributed by atoms with Gasteiger partial charge in [-0.15, -0.1) is 0 Å². The number of anilines is 1. The van der Waals surface area contributed by atoms with Crippen molar-refractivity contribution in [3.8, 4) is 0 Å². The monoisotopic (exact) mass is 219 g/mol. The summed E-state index contributed by atoms with van der Waals surface area (Å²) in [7, 11) is 0. The van der Waals surface area contributed by atoms with Crippen LogP contribution < -0.4 is 5.32 Å². The molecular weight excluding hydrogens is 202 g/mol. The number of ether oxygens (including phenoxy) is 1. The molecule has 1 saturated heterocycles. The van der Waals surface area contributed by atoms with Gasteiger partial charge in [-0.05, 0) is 43.9 Å². The van der Waals surface area contributed by atoms with Crippen LogP contribution in [0.2, 0.25) is 0 Å². The minimum absolute atomic E-state index is 0.0220. The zero-order chi connectivity index (χ0) is 11.5. The largest absolute Gasteiger partial charge is 0.368 e. The summed E-state index contributed by atoms with van der Waals surface area (Å²) in [4.78, 5) is 11.8. The van der Waals surface area contributed by atoms with Crippen LogP contribution in [0, 0.1) is 13.8 Å². The third-order valence-corrected chi connectivity index (χ3v) is 2.87. The first kappa shape index (κ1) is 11.1. The van der Waals surface area contributed by atoms with Gasteiger partial charge < -0.3 is 10.1 Å². The van der Waals surface area contributed by atoms with Crippen LogP contribution in [-0.2, 0) is 9.53 Å². The fourth-order valence-corrected chi connectivity index (χ4v) is 1.87. The van der Waals surface area contributed by atoms with Crippen molar-refractivity contribution in [2.75, 3.05) is 11.9 Å². The third-order valence-electron chi connectivity index (χ3n) is 2.87. The maximum atomic E-state index is 11.8. The molecular formula is C13H17NO2. The van der Waals surface area contributed by atoms with E-state index in [1.165, 1.54) is 0 Å². The van der Waals surface area contributed by atoms with Gasteiger partial charge in [0.1, 0.15) is 6.10 Å². The predicted octanol–water partition coefficient (Wildman–Crippen LogP) is 2.42. The Morgan fingerprint density at radius 2 is 2.25 bits per heavy atom. The van der Waals surface area contributed by atoms with Gasteiger partial charge in [-0.25, -0.2) is 0 Å². The molecule has 0 spiro atoms. The number of rotatable bonds is 2. The van der Waals surface area contributed by atoms with Crippen molar-refractivity contribution >= 4 is 11.6 Å². The number of carbonyl (C=O) groups excluding carboxylic acids is 1. The van der Waals surface area contributed by atoms with Crippen molar-refractivity contribution in [3.05, 3.63) is 29.3 Å². The topological polar surface area (TPSA) is 38.3 Å². The number of nitrogens with one attached hydrogen (secondary N) is 1. The lowest BCUT2D eigenvalue weighted by Crippen LogP contribution is -2.27. The van der Waals surface area contributed by atoms with Crippen LogP contribution in [0.25, 0.3) is 0 Å². The first-order valence-electron chi connectivity index (χ1n) is 5.66. The second-order valence-corrected chi connectivity index (χ2v) is 4.31. The Morgan fingerprint density at radius 1 is 1.44 bits per heavy atom. The lowest BCUT2D eigenvalue weighted by Gasteiger charge is -2.12. The molecule has 0 bridgehead atoms. The lowest BCUT2D eigenvalue weighted by molar-refractivity contribution is -0.124. The average Bonchev–Trinajstić information content (AvgIpc) is 2.76. The van der Waals surface area contributed by atoms with Gasteiger partial charge in [0, 0.05) is 12.3 Å². The van der Waals surface area contributed by atoms with Crippen molar-refractivity contribution < 1.29 is 9.53 Å². The molecule has 0 aliphatic carbocycles. The molecule has 1 aliphatic rings. The van der Waals surface area contributed by atoms with E-state index in [4.69, 9.17) is 4.74 Å². The maximum absolute atomic E-state index is 11.8. The Bertz CT molecular complexity index is 395. The van der Waals surface area contributed by atoms with E-state index in [9.17, 15) is 4.79 Å². The summed E-state index contributed by atoms with van der Waals surface area (Å²) >= 11 is 0. The van der Waals surface area contributed by atoms with E-state index in [0.717, 1.165) is 29.7 Å². The summed E-state index contributed by atoms with van der Waals surface area (Å²) in [5.41, 5.74) is 3.12. The average molecular weight is 219 g/mol. The molecule has 0 radical (unpaired) electrons. The van der Waals surface area contributed by atoms with Crippen molar-refractivity contribution in [3.63, 3.8) is 0 Å². The normalized spacial score (nSPS) is 19.8. The Balaban J connectivity index is 2.07. The molecule has 1 N–H and O–H groups in total. The number of benzene rings is 1. The number of hydrogen-bond acceptors (Lipinski definition) is 2. The van der Waals surface area contributed by atoms with E-state index in [2.05, 4.69) is 5.32 Å². The summed E-state index contributed by atoms with van der Waals surface area (Å²) in [5, 5.41) is 2.93. The highest BCUT2D eigenvalue weighted by Gasteiger charge is 2.23. The van der Waals surface area contributed by atoms with Crippen molar-refractivity contribution in [1.29, 1.82) is 0 Å². The zero-order valence-electron chi connectivity index (χ0n) is 9.75. The molecule has 16 heavy (non-hydrogen) atoms. The Labute approximate surface area is 95.8 Å². The van der Waals surface area contributed by atoms with E-state index < -0.39 is 0 Å². The Morgan fingerprint density at radius 3 is 2.94 bits per heavy atom. The zero-order valence-corrected chi connectivity index (χ0v) is 9.75. The minimum atomic E-state index is -0.264. The smallest absolute Gasteiger partial charge is 0.253 e. The van der Waals surface area contributed by atoms with Crippen LogP contribution in [0.3, 0.4) is 0 Å². The molecule has 1 aliphatic heterocycles.